The zero-order valence-corrected chi connectivity index (χ0v) is 24.2. The lowest BCUT2D eigenvalue weighted by Gasteiger charge is -2.11. The maximum Gasteiger partial charge on any atom is 0.164 e. The van der Waals surface area contributed by atoms with Crippen LogP contribution in [0, 0.1) is 0 Å². The molecule has 0 bridgehead atoms. The number of nitrogens with zero attached hydrogens (tertiary/aromatic N) is 5. The number of para-hydroxylation sites is 1. The van der Waals surface area contributed by atoms with Crippen LogP contribution in [0.3, 0.4) is 0 Å². The fourth-order valence-electron chi connectivity index (χ4n) is 6.09. The highest BCUT2D eigenvalue weighted by Crippen LogP contribution is 2.42. The van der Waals surface area contributed by atoms with Gasteiger partial charge in [0.25, 0.3) is 0 Å². The SMILES string of the molecule is c1ccc(-c2nc(-c3ccccc3)nc(-c3ccnc(-n4c5ccccc5c5ccc6c7ccccc7sc6c54)c3)n2)cc1. The van der Waals surface area contributed by atoms with Crippen LogP contribution in [-0.4, -0.2) is 24.5 Å². The average Bonchev–Trinajstić information content (AvgIpc) is 3.65. The molecule has 0 fully saturated rings. The van der Waals surface area contributed by atoms with Crippen molar-refractivity contribution in [2.45, 2.75) is 0 Å². The largest absolute Gasteiger partial charge is 0.292 e. The lowest BCUT2D eigenvalue weighted by atomic mass is 10.1. The van der Waals surface area contributed by atoms with Crippen LogP contribution in [0.4, 0.5) is 0 Å². The van der Waals surface area contributed by atoms with Crippen LogP contribution in [0.5, 0.6) is 0 Å². The van der Waals surface area contributed by atoms with Gasteiger partial charge in [-0.05, 0) is 24.3 Å². The standard InChI is InChI=1S/C38H23N5S/c1-3-11-24(12-4-1)36-40-37(25-13-5-2-6-14-25)42-38(41-36)26-21-22-39-33(23-26)43-31-17-9-7-15-27(31)29-19-20-30-28-16-8-10-18-32(28)44-35(30)34(29)43/h1-23H. The van der Waals surface area contributed by atoms with Crippen LogP contribution in [0.15, 0.2) is 140 Å². The highest BCUT2D eigenvalue weighted by molar-refractivity contribution is 7.26. The number of hydrogen-bond donors (Lipinski definition) is 0. The van der Waals surface area contributed by atoms with E-state index in [-0.39, 0.29) is 0 Å². The Labute approximate surface area is 256 Å². The lowest BCUT2D eigenvalue weighted by molar-refractivity contribution is 1.06. The molecule has 0 aliphatic rings. The maximum atomic E-state index is 4.97. The lowest BCUT2D eigenvalue weighted by Crippen LogP contribution is -2.02. The zero-order chi connectivity index (χ0) is 29.0. The Balaban J connectivity index is 1.30. The molecule has 0 atom stereocenters. The van der Waals surface area contributed by atoms with Gasteiger partial charge in [0, 0.05) is 49.1 Å². The van der Waals surface area contributed by atoms with Gasteiger partial charge in [0.1, 0.15) is 5.82 Å². The summed E-state index contributed by atoms with van der Waals surface area (Å²) in [6.45, 7) is 0. The summed E-state index contributed by atoms with van der Waals surface area (Å²) in [7, 11) is 0. The molecule has 4 heterocycles. The van der Waals surface area contributed by atoms with Crippen LogP contribution in [0.1, 0.15) is 0 Å². The smallest absolute Gasteiger partial charge is 0.164 e. The summed E-state index contributed by atoms with van der Waals surface area (Å²) < 4.78 is 4.83. The van der Waals surface area contributed by atoms with Crippen molar-refractivity contribution in [1.82, 2.24) is 24.5 Å². The molecule has 5 nitrogen and oxygen atoms in total. The topological polar surface area (TPSA) is 56.5 Å². The predicted octanol–water partition coefficient (Wildman–Crippen LogP) is 9.73. The van der Waals surface area contributed by atoms with Gasteiger partial charge in [-0.3, -0.25) is 4.57 Å². The van der Waals surface area contributed by atoms with E-state index in [4.69, 9.17) is 19.9 Å². The van der Waals surface area contributed by atoms with Crippen LogP contribution >= 0.6 is 11.3 Å². The van der Waals surface area contributed by atoms with Crippen molar-refractivity contribution in [3.05, 3.63) is 140 Å². The number of thiophene rings is 1. The zero-order valence-electron chi connectivity index (χ0n) is 23.4. The van der Waals surface area contributed by atoms with E-state index < -0.39 is 0 Å². The van der Waals surface area contributed by atoms with Gasteiger partial charge in [0.15, 0.2) is 17.5 Å². The van der Waals surface area contributed by atoms with Gasteiger partial charge in [0.2, 0.25) is 0 Å². The molecule has 0 amide bonds. The fraction of sp³-hybridized carbons (Fsp3) is 0. The summed E-state index contributed by atoms with van der Waals surface area (Å²) in [6, 6.07) is 45.9. The molecular weight excluding hydrogens is 559 g/mol. The van der Waals surface area contributed by atoms with Gasteiger partial charge in [0.05, 0.1) is 15.7 Å². The molecule has 0 N–H and O–H groups in total. The Kier molecular flexibility index (Phi) is 5.61. The van der Waals surface area contributed by atoms with Gasteiger partial charge >= 0.3 is 0 Å². The van der Waals surface area contributed by atoms with Crippen molar-refractivity contribution in [3.63, 3.8) is 0 Å². The third-order valence-electron chi connectivity index (χ3n) is 8.11. The fourth-order valence-corrected chi connectivity index (χ4v) is 7.33. The number of benzene rings is 5. The first-order valence-electron chi connectivity index (χ1n) is 14.5. The summed E-state index contributed by atoms with van der Waals surface area (Å²) in [5.41, 5.74) is 5.04. The molecule has 0 saturated heterocycles. The monoisotopic (exact) mass is 581 g/mol. The van der Waals surface area contributed by atoms with Gasteiger partial charge in [-0.25, -0.2) is 19.9 Å². The molecule has 0 saturated carbocycles. The number of aromatic nitrogens is 5. The van der Waals surface area contributed by atoms with Gasteiger partial charge in [-0.2, -0.15) is 0 Å². The van der Waals surface area contributed by atoms with E-state index in [0.29, 0.717) is 17.5 Å². The second-order valence-electron chi connectivity index (χ2n) is 10.7. The van der Waals surface area contributed by atoms with E-state index in [1.165, 1.54) is 36.5 Å². The highest BCUT2D eigenvalue weighted by Gasteiger charge is 2.19. The number of hydrogen-bond acceptors (Lipinski definition) is 5. The molecule has 9 aromatic rings. The van der Waals surface area contributed by atoms with Crippen LogP contribution in [0.25, 0.3) is 82.0 Å². The van der Waals surface area contributed by atoms with Crippen molar-refractivity contribution in [1.29, 1.82) is 0 Å². The minimum absolute atomic E-state index is 0.606. The molecule has 6 heteroatoms. The van der Waals surface area contributed by atoms with E-state index in [1.54, 1.807) is 0 Å². The summed E-state index contributed by atoms with van der Waals surface area (Å²) in [5.74, 6) is 2.70. The first-order chi connectivity index (χ1) is 21.8. The number of pyridine rings is 1. The van der Waals surface area contributed by atoms with E-state index in [2.05, 4.69) is 71.3 Å². The second kappa shape index (κ2) is 9.93. The summed E-state index contributed by atoms with van der Waals surface area (Å²) in [4.78, 5) is 19.7. The maximum absolute atomic E-state index is 4.97. The summed E-state index contributed by atoms with van der Waals surface area (Å²) in [6.07, 6.45) is 1.85. The van der Waals surface area contributed by atoms with Crippen LogP contribution in [-0.2, 0) is 0 Å². The normalized spacial score (nSPS) is 11.6. The van der Waals surface area contributed by atoms with E-state index >= 15 is 0 Å². The Morgan fingerprint density at radius 1 is 0.477 bits per heavy atom. The molecule has 0 aliphatic heterocycles. The number of rotatable bonds is 4. The van der Waals surface area contributed by atoms with Crippen molar-refractivity contribution in [3.8, 4) is 40.0 Å². The first-order valence-corrected chi connectivity index (χ1v) is 15.3. The predicted molar refractivity (Wildman–Crippen MR) is 181 cm³/mol. The molecule has 206 valence electrons. The Hall–Kier alpha value is -5.72. The molecule has 9 rings (SSSR count). The molecule has 0 radical (unpaired) electrons. The minimum atomic E-state index is 0.606. The summed E-state index contributed by atoms with van der Waals surface area (Å²) in [5, 5.41) is 4.95. The van der Waals surface area contributed by atoms with Crippen molar-refractivity contribution in [2.75, 3.05) is 0 Å². The van der Waals surface area contributed by atoms with E-state index in [9.17, 15) is 0 Å². The molecular formula is C38H23N5S. The van der Waals surface area contributed by atoms with Crippen molar-refractivity contribution < 1.29 is 0 Å². The second-order valence-corrected chi connectivity index (χ2v) is 11.8. The molecule has 44 heavy (non-hydrogen) atoms. The molecule has 0 unspecified atom stereocenters. The van der Waals surface area contributed by atoms with Crippen molar-refractivity contribution in [2.24, 2.45) is 0 Å². The van der Waals surface area contributed by atoms with Crippen molar-refractivity contribution >= 4 is 53.3 Å². The molecule has 5 aromatic carbocycles. The summed E-state index contributed by atoms with van der Waals surface area (Å²) >= 11 is 1.83. The third-order valence-corrected chi connectivity index (χ3v) is 9.30. The molecule has 0 aliphatic carbocycles. The van der Waals surface area contributed by atoms with Crippen LogP contribution in [0.2, 0.25) is 0 Å². The first kappa shape index (κ1) is 24.8. The Morgan fingerprint density at radius 2 is 1.07 bits per heavy atom. The Morgan fingerprint density at radius 3 is 1.80 bits per heavy atom. The van der Waals surface area contributed by atoms with Gasteiger partial charge in [-0.1, -0.05) is 109 Å². The van der Waals surface area contributed by atoms with E-state index in [1.807, 2.05) is 84.3 Å². The minimum Gasteiger partial charge on any atom is -0.292 e. The molecule has 4 aromatic heterocycles. The highest BCUT2D eigenvalue weighted by atomic mass is 32.1. The molecule has 0 spiro atoms. The third kappa shape index (κ3) is 3.92. The van der Waals surface area contributed by atoms with Crippen LogP contribution < -0.4 is 0 Å². The van der Waals surface area contributed by atoms with Gasteiger partial charge < -0.3 is 0 Å². The Bertz CT molecular complexity index is 2440. The quantitative estimate of drug-likeness (QED) is 0.208. The van der Waals surface area contributed by atoms with E-state index in [0.717, 1.165) is 28.0 Å². The number of fused-ring (bicyclic) bond motifs is 7. The average molecular weight is 582 g/mol. The van der Waals surface area contributed by atoms with Gasteiger partial charge in [-0.15, -0.1) is 11.3 Å².